The van der Waals surface area contributed by atoms with Crippen LogP contribution in [0, 0.1) is 25.5 Å². The fourth-order valence-electron chi connectivity index (χ4n) is 12.8. The number of rotatable bonds is 8. The molecule has 0 fully saturated rings. The van der Waals surface area contributed by atoms with E-state index in [9.17, 15) is 39.0 Å². The van der Waals surface area contributed by atoms with Gasteiger partial charge in [-0.15, -0.1) is 0 Å². The summed E-state index contributed by atoms with van der Waals surface area (Å²) >= 11 is 0. The summed E-state index contributed by atoms with van der Waals surface area (Å²) < 4.78 is 55.9. The molecule has 4 aromatic heterocycles. The molecule has 0 unspecified atom stereocenters. The van der Waals surface area contributed by atoms with E-state index in [-0.39, 0.29) is 85.5 Å². The molecule has 0 bridgehead atoms. The normalized spacial score (nSPS) is 21.1. The smallest absolute Gasteiger partial charge is 0.343 e. The summed E-state index contributed by atoms with van der Waals surface area (Å²) in [6.45, 7) is 17.3. The zero-order valence-corrected chi connectivity index (χ0v) is 46.5. The maximum atomic E-state index is 15.0. The van der Waals surface area contributed by atoms with Crippen molar-refractivity contribution in [2.75, 3.05) is 13.2 Å². The van der Waals surface area contributed by atoms with Crippen molar-refractivity contribution in [2.45, 2.75) is 169 Å². The fraction of sp³-hybridized carbons (Fsp3) is 0.467. The molecule has 2 aliphatic carbocycles. The van der Waals surface area contributed by atoms with Crippen molar-refractivity contribution in [3.05, 3.63) is 123 Å². The topological polar surface area (TPSA) is 240 Å². The summed E-state index contributed by atoms with van der Waals surface area (Å²) in [5, 5.41) is 28.2. The van der Waals surface area contributed by atoms with Crippen molar-refractivity contribution in [1.82, 2.24) is 29.7 Å². The van der Waals surface area contributed by atoms with E-state index in [1.807, 2.05) is 48.5 Å². The molecule has 2 aromatic carbocycles. The van der Waals surface area contributed by atoms with E-state index in [1.165, 1.54) is 12.1 Å². The second-order valence-electron chi connectivity index (χ2n) is 23.7. The van der Waals surface area contributed by atoms with Crippen LogP contribution in [0.2, 0.25) is 0 Å². The van der Waals surface area contributed by atoms with Crippen molar-refractivity contribution in [3.63, 3.8) is 0 Å². The lowest BCUT2D eigenvalue weighted by Crippen LogP contribution is -2.49. The predicted molar refractivity (Wildman–Crippen MR) is 288 cm³/mol. The molecular weight excluding hydrogens is 1030 g/mol. The molecule has 0 spiro atoms. The number of esters is 2. The van der Waals surface area contributed by atoms with Crippen LogP contribution in [0.4, 0.5) is 8.78 Å². The molecule has 6 aromatic rings. The number of carbonyl (C=O) groups excluding carboxylic acids is 4. The number of halogens is 2. The first-order valence-electron chi connectivity index (χ1n) is 27.2. The van der Waals surface area contributed by atoms with Crippen LogP contribution >= 0.6 is 0 Å². The summed E-state index contributed by atoms with van der Waals surface area (Å²) in [7, 11) is 0. The van der Waals surface area contributed by atoms with Gasteiger partial charge < -0.3 is 48.9 Å². The Bertz CT molecular complexity index is 3870. The van der Waals surface area contributed by atoms with E-state index < -0.39 is 58.9 Å². The van der Waals surface area contributed by atoms with Crippen LogP contribution in [0.1, 0.15) is 160 Å². The average Bonchev–Trinajstić information content (AvgIpc) is 4.19. The molecule has 2 amide bonds. The molecule has 80 heavy (non-hydrogen) atoms. The van der Waals surface area contributed by atoms with Gasteiger partial charge in [-0.05, 0) is 139 Å². The molecule has 0 saturated carbocycles. The predicted octanol–water partition coefficient (Wildman–Crippen LogP) is 6.89. The fourth-order valence-corrected chi connectivity index (χ4v) is 12.8. The number of nitrogens with zero attached hydrogens (tertiary/aromatic N) is 4. The standard InChI is InChI=1S/2C30H32FN3O6/c1-6-30(40-29(3,4)5)18-9-22-26-16(11-34(22)27(37)17(18)13-39-28(30)38)25-20(32-23(36)12-35)8-7-15-14(2)19(31)10-21(33-26)24(15)25;1-6-30(38)18-9-22-26-16(11-34(22)27(36)17(18)12-39-28(30)37)25-20(32-23(35)13-40-29(3,4)5)8-7-15-14(2)19(31)10-21(33-26)24(15)25/h9-10,20,35H,6-8,11-13H2,1-5H3,(H,32,36);9-10,20,38H,6-8,11-13H2,1-5H3,(H,32,35)/t2*20-,30-/m00/s1. The van der Waals surface area contributed by atoms with Gasteiger partial charge in [0.25, 0.3) is 11.1 Å². The van der Waals surface area contributed by atoms with Crippen LogP contribution in [0.5, 0.6) is 0 Å². The highest BCUT2D eigenvalue weighted by Crippen LogP contribution is 2.49. The zero-order chi connectivity index (χ0) is 57.4. The summed E-state index contributed by atoms with van der Waals surface area (Å²) in [5.41, 5.74) is 4.61. The van der Waals surface area contributed by atoms with Gasteiger partial charge in [0.05, 0.1) is 81.3 Å². The van der Waals surface area contributed by atoms with E-state index in [2.05, 4.69) is 10.6 Å². The highest BCUT2D eigenvalue weighted by Gasteiger charge is 2.51. The number of pyridine rings is 4. The first kappa shape index (κ1) is 54.7. The van der Waals surface area contributed by atoms with Gasteiger partial charge in [-0.3, -0.25) is 19.2 Å². The number of amides is 2. The number of hydrogen-bond donors (Lipinski definition) is 4. The van der Waals surface area contributed by atoms with Crippen molar-refractivity contribution >= 4 is 45.6 Å². The van der Waals surface area contributed by atoms with Crippen molar-refractivity contribution in [3.8, 4) is 22.8 Å². The number of benzene rings is 2. The third-order valence-corrected chi connectivity index (χ3v) is 16.7. The number of hydrogen-bond acceptors (Lipinski definition) is 14. The van der Waals surface area contributed by atoms with Gasteiger partial charge in [0.15, 0.2) is 11.2 Å². The Hall–Kier alpha value is -7.26. The summed E-state index contributed by atoms with van der Waals surface area (Å²) in [6, 6.07) is 5.37. The number of aryl methyl sites for hydroxylation is 2. The Balaban J connectivity index is 0.000000169. The number of fused-ring (bicyclic) bond motifs is 10. The second kappa shape index (κ2) is 19.2. The van der Waals surface area contributed by atoms with E-state index in [1.54, 1.807) is 42.0 Å². The molecule has 420 valence electrons. The molecule has 4 atom stereocenters. The molecule has 18 nitrogen and oxygen atoms in total. The lowest BCUT2D eigenvalue weighted by Gasteiger charge is -2.40. The largest absolute Gasteiger partial charge is 0.458 e. The SMILES string of the molecule is CC[C@@]1(O)C(=O)OCc2c1cc1n(c2=O)Cc2c-1nc1cc(F)c(C)c3c1c2[C@@H](NC(=O)COC(C)(C)C)CC3.CC[C@@]1(OC(C)(C)C)C(=O)OCc2c1cc1n(c2=O)Cc2c-1nc1cc(F)c(C)c3c1c2[C@@H](NC(=O)CO)CC3. The van der Waals surface area contributed by atoms with Crippen molar-refractivity contribution < 1.29 is 57.1 Å². The Morgan fingerprint density at radius 1 is 0.688 bits per heavy atom. The third-order valence-electron chi connectivity index (χ3n) is 16.7. The van der Waals surface area contributed by atoms with E-state index in [0.717, 1.165) is 44.2 Å². The lowest BCUT2D eigenvalue weighted by molar-refractivity contribution is -0.200. The summed E-state index contributed by atoms with van der Waals surface area (Å²) in [4.78, 5) is 88.4. The van der Waals surface area contributed by atoms with Crippen LogP contribution in [0.15, 0.2) is 33.9 Å². The van der Waals surface area contributed by atoms with Gasteiger partial charge in [-0.1, -0.05) is 13.8 Å². The maximum absolute atomic E-state index is 15.0. The van der Waals surface area contributed by atoms with Gasteiger partial charge in [0, 0.05) is 45.2 Å². The number of aliphatic hydroxyl groups is 2. The van der Waals surface area contributed by atoms with Crippen LogP contribution in [0.25, 0.3) is 44.6 Å². The van der Waals surface area contributed by atoms with Crippen molar-refractivity contribution in [2.24, 2.45) is 0 Å². The Morgan fingerprint density at radius 3 is 1.62 bits per heavy atom. The number of carbonyl (C=O) groups is 4. The van der Waals surface area contributed by atoms with Gasteiger partial charge in [-0.2, -0.15) is 0 Å². The lowest BCUT2D eigenvalue weighted by atomic mass is 9.81. The molecule has 4 aliphatic heterocycles. The number of aliphatic hydroxyl groups excluding tert-OH is 1. The monoisotopic (exact) mass is 1100 g/mol. The molecule has 12 rings (SSSR count). The Kier molecular flexibility index (Phi) is 13.1. The molecule has 8 heterocycles. The molecule has 20 heteroatoms. The first-order chi connectivity index (χ1) is 37.7. The van der Waals surface area contributed by atoms with E-state index >= 15 is 8.78 Å². The Labute approximate surface area is 458 Å². The third kappa shape index (κ3) is 8.54. The number of nitrogens with one attached hydrogen (secondary N) is 2. The van der Waals surface area contributed by atoms with Gasteiger partial charge >= 0.3 is 11.9 Å². The average molecular weight is 1100 g/mol. The highest BCUT2D eigenvalue weighted by atomic mass is 19.1. The quantitative estimate of drug-likeness (QED) is 0.113. The molecule has 0 saturated heterocycles. The second-order valence-corrected chi connectivity index (χ2v) is 23.7. The van der Waals surface area contributed by atoms with Gasteiger partial charge in [0.1, 0.15) is 38.1 Å². The highest BCUT2D eigenvalue weighted by molar-refractivity contribution is 5.96. The van der Waals surface area contributed by atoms with Crippen LogP contribution < -0.4 is 21.8 Å². The first-order valence-corrected chi connectivity index (χ1v) is 27.2. The van der Waals surface area contributed by atoms with E-state index in [4.69, 9.17) is 28.9 Å². The van der Waals surface area contributed by atoms with Gasteiger partial charge in [0.2, 0.25) is 11.8 Å². The summed E-state index contributed by atoms with van der Waals surface area (Å²) in [5.74, 6) is -2.87. The number of aromatic nitrogens is 4. The summed E-state index contributed by atoms with van der Waals surface area (Å²) in [6.07, 6.45) is 2.44. The molecular formula is C60H64F2N6O12. The minimum atomic E-state index is -1.95. The minimum Gasteiger partial charge on any atom is -0.458 e. The number of cyclic esters (lactones) is 2. The maximum Gasteiger partial charge on any atom is 0.343 e. The van der Waals surface area contributed by atoms with Crippen molar-refractivity contribution in [1.29, 1.82) is 0 Å². The van der Waals surface area contributed by atoms with Crippen LogP contribution in [0.3, 0.4) is 0 Å². The van der Waals surface area contributed by atoms with Gasteiger partial charge in [-0.25, -0.2) is 28.3 Å². The van der Waals surface area contributed by atoms with Crippen LogP contribution in [-0.4, -0.2) is 77.5 Å². The van der Waals surface area contributed by atoms with Crippen LogP contribution in [-0.2, 0) is 88.5 Å². The minimum absolute atomic E-state index is 0.0313. The zero-order valence-electron chi connectivity index (χ0n) is 46.5. The van der Waals surface area contributed by atoms with E-state index in [0.29, 0.717) is 81.7 Å². The molecule has 4 N–H and O–H groups in total. The molecule has 0 radical (unpaired) electrons. The number of ether oxygens (including phenoxy) is 4. The Morgan fingerprint density at radius 2 is 1.16 bits per heavy atom. The molecule has 6 aliphatic rings.